The fraction of sp³-hybridized carbons (Fsp3) is 0.182. The molecule has 3 rings (SSSR count). The molecule has 0 fully saturated rings. The number of thioether (sulfide) groups is 1. The van der Waals surface area contributed by atoms with Gasteiger partial charge >= 0.3 is 0 Å². The van der Waals surface area contributed by atoms with Gasteiger partial charge in [-0.2, -0.15) is 0 Å². The Morgan fingerprint density at radius 2 is 1.75 bits per heavy atom. The number of amides is 2. The maximum Gasteiger partial charge on any atom is 0.291 e. The normalized spacial score (nSPS) is 10.5. The summed E-state index contributed by atoms with van der Waals surface area (Å²) in [6.45, 7) is 2.52. The van der Waals surface area contributed by atoms with Crippen LogP contribution in [0.2, 0.25) is 0 Å². The lowest BCUT2D eigenvalue weighted by molar-refractivity contribution is -0.120. The fourth-order valence-corrected chi connectivity index (χ4v) is 3.34. The van der Waals surface area contributed by atoms with Gasteiger partial charge in [0.1, 0.15) is 0 Å². The van der Waals surface area contributed by atoms with Crippen molar-refractivity contribution in [1.82, 2.24) is 5.32 Å². The number of anilines is 1. The van der Waals surface area contributed by atoms with Crippen molar-refractivity contribution in [2.24, 2.45) is 0 Å². The summed E-state index contributed by atoms with van der Waals surface area (Å²) in [7, 11) is 0. The fourth-order valence-electron chi connectivity index (χ4n) is 2.49. The van der Waals surface area contributed by atoms with Gasteiger partial charge in [-0.05, 0) is 48.9 Å². The summed E-state index contributed by atoms with van der Waals surface area (Å²) in [4.78, 5) is 25.1. The number of hydrogen-bond acceptors (Lipinski definition) is 4. The van der Waals surface area contributed by atoms with Crippen molar-refractivity contribution in [2.45, 2.75) is 24.8 Å². The second-order valence-corrected chi connectivity index (χ2v) is 7.48. The van der Waals surface area contributed by atoms with E-state index in [0.717, 1.165) is 11.3 Å². The minimum Gasteiger partial charge on any atom is -0.459 e. The van der Waals surface area contributed by atoms with Crippen molar-refractivity contribution >= 4 is 29.3 Å². The van der Waals surface area contributed by atoms with Gasteiger partial charge in [0.2, 0.25) is 5.91 Å². The SMILES string of the molecule is Cc1ccc(SCCC(=O)NCc2ccc(NC(=O)c3ccco3)cc2)cc1. The topological polar surface area (TPSA) is 71.3 Å². The Labute approximate surface area is 168 Å². The number of carbonyl (C=O) groups excluding carboxylic acids is 2. The Morgan fingerprint density at radius 1 is 1.00 bits per heavy atom. The van der Waals surface area contributed by atoms with Crippen molar-refractivity contribution in [3.8, 4) is 0 Å². The van der Waals surface area contributed by atoms with Crippen LogP contribution in [0.4, 0.5) is 5.69 Å². The first-order chi connectivity index (χ1) is 13.6. The number of benzene rings is 2. The van der Waals surface area contributed by atoms with E-state index in [1.807, 2.05) is 12.1 Å². The van der Waals surface area contributed by atoms with Gasteiger partial charge in [0.15, 0.2) is 5.76 Å². The molecule has 28 heavy (non-hydrogen) atoms. The lowest BCUT2D eigenvalue weighted by Gasteiger charge is -2.07. The van der Waals surface area contributed by atoms with E-state index < -0.39 is 0 Å². The highest BCUT2D eigenvalue weighted by atomic mass is 32.2. The first kappa shape index (κ1) is 19.8. The molecular formula is C22H22N2O3S. The van der Waals surface area contributed by atoms with Crippen LogP contribution in [0.15, 0.2) is 76.2 Å². The monoisotopic (exact) mass is 394 g/mol. The minimum atomic E-state index is -0.294. The Morgan fingerprint density at radius 3 is 2.43 bits per heavy atom. The molecule has 0 aliphatic carbocycles. The molecule has 0 saturated heterocycles. The van der Waals surface area contributed by atoms with Crippen LogP contribution in [0.1, 0.15) is 28.1 Å². The molecule has 2 amide bonds. The van der Waals surface area contributed by atoms with Crippen LogP contribution in [-0.4, -0.2) is 17.6 Å². The Kier molecular flexibility index (Phi) is 6.92. The summed E-state index contributed by atoms with van der Waals surface area (Å²) in [5, 5.41) is 5.68. The van der Waals surface area contributed by atoms with Crippen molar-refractivity contribution in [3.63, 3.8) is 0 Å². The second-order valence-electron chi connectivity index (χ2n) is 6.32. The molecule has 1 heterocycles. The third-order valence-corrected chi connectivity index (χ3v) is 5.08. The zero-order valence-corrected chi connectivity index (χ0v) is 16.4. The largest absolute Gasteiger partial charge is 0.459 e. The van der Waals surface area contributed by atoms with Crippen molar-refractivity contribution in [3.05, 3.63) is 83.8 Å². The van der Waals surface area contributed by atoms with Gasteiger partial charge in [-0.25, -0.2) is 0 Å². The van der Waals surface area contributed by atoms with E-state index in [1.165, 1.54) is 16.7 Å². The third kappa shape index (κ3) is 6.03. The summed E-state index contributed by atoms with van der Waals surface area (Å²) >= 11 is 1.68. The van der Waals surface area contributed by atoms with Gasteiger partial charge in [-0.1, -0.05) is 29.8 Å². The molecular weight excluding hydrogens is 372 g/mol. The van der Waals surface area contributed by atoms with Gasteiger partial charge in [-0.15, -0.1) is 11.8 Å². The zero-order chi connectivity index (χ0) is 19.8. The van der Waals surface area contributed by atoms with E-state index in [0.29, 0.717) is 18.7 Å². The molecule has 6 heteroatoms. The molecule has 0 unspecified atom stereocenters. The smallest absolute Gasteiger partial charge is 0.291 e. The number of nitrogens with one attached hydrogen (secondary N) is 2. The summed E-state index contributed by atoms with van der Waals surface area (Å²) in [6, 6.07) is 18.9. The van der Waals surface area contributed by atoms with Crippen molar-refractivity contribution in [1.29, 1.82) is 0 Å². The van der Waals surface area contributed by atoms with E-state index in [2.05, 4.69) is 41.8 Å². The lowest BCUT2D eigenvalue weighted by Crippen LogP contribution is -2.23. The Hall–Kier alpha value is -2.99. The van der Waals surface area contributed by atoms with E-state index in [-0.39, 0.29) is 17.6 Å². The maximum atomic E-state index is 12.0. The van der Waals surface area contributed by atoms with Crippen LogP contribution in [-0.2, 0) is 11.3 Å². The Bertz CT molecular complexity index is 904. The molecule has 1 aromatic heterocycles. The molecule has 0 radical (unpaired) electrons. The molecule has 0 aliphatic heterocycles. The van der Waals surface area contributed by atoms with Crippen LogP contribution >= 0.6 is 11.8 Å². The van der Waals surface area contributed by atoms with Gasteiger partial charge in [0.25, 0.3) is 5.91 Å². The minimum absolute atomic E-state index is 0.0230. The van der Waals surface area contributed by atoms with E-state index in [4.69, 9.17) is 4.42 Å². The third-order valence-electron chi connectivity index (χ3n) is 4.07. The van der Waals surface area contributed by atoms with Crippen LogP contribution in [0.3, 0.4) is 0 Å². The lowest BCUT2D eigenvalue weighted by atomic mass is 10.2. The molecule has 2 N–H and O–H groups in total. The van der Waals surface area contributed by atoms with Crippen LogP contribution in [0, 0.1) is 6.92 Å². The maximum absolute atomic E-state index is 12.0. The molecule has 0 bridgehead atoms. The quantitative estimate of drug-likeness (QED) is 0.546. The van der Waals surface area contributed by atoms with Crippen LogP contribution in [0.5, 0.6) is 0 Å². The standard InChI is InChI=1S/C22H22N2O3S/c1-16-4-10-19(11-5-16)28-14-12-21(25)23-15-17-6-8-18(9-7-17)24-22(26)20-3-2-13-27-20/h2-11,13H,12,14-15H2,1H3,(H,23,25)(H,24,26). The van der Waals surface area contributed by atoms with Crippen LogP contribution in [0.25, 0.3) is 0 Å². The summed E-state index contributed by atoms with van der Waals surface area (Å²) < 4.78 is 5.06. The van der Waals surface area contributed by atoms with Crippen LogP contribution < -0.4 is 10.6 Å². The van der Waals surface area contributed by atoms with Crippen molar-refractivity contribution < 1.29 is 14.0 Å². The molecule has 0 atom stereocenters. The van der Waals surface area contributed by atoms with E-state index in [9.17, 15) is 9.59 Å². The van der Waals surface area contributed by atoms with Gasteiger partial charge in [0.05, 0.1) is 6.26 Å². The van der Waals surface area contributed by atoms with E-state index in [1.54, 1.807) is 36.0 Å². The number of furan rings is 1. The number of carbonyl (C=O) groups is 2. The highest BCUT2D eigenvalue weighted by Crippen LogP contribution is 2.19. The highest BCUT2D eigenvalue weighted by Gasteiger charge is 2.08. The number of hydrogen-bond donors (Lipinski definition) is 2. The first-order valence-corrected chi connectivity index (χ1v) is 9.99. The zero-order valence-electron chi connectivity index (χ0n) is 15.6. The average molecular weight is 394 g/mol. The van der Waals surface area contributed by atoms with Gasteiger partial charge in [-0.3, -0.25) is 9.59 Å². The molecule has 144 valence electrons. The molecule has 2 aromatic carbocycles. The molecule has 0 spiro atoms. The number of rotatable bonds is 8. The summed E-state index contributed by atoms with van der Waals surface area (Å²) in [5.74, 6) is 0.735. The molecule has 5 nitrogen and oxygen atoms in total. The summed E-state index contributed by atoms with van der Waals surface area (Å²) in [5.41, 5.74) is 2.87. The number of aryl methyl sites for hydroxylation is 1. The van der Waals surface area contributed by atoms with Gasteiger partial charge < -0.3 is 15.1 Å². The molecule has 0 aliphatic rings. The van der Waals surface area contributed by atoms with Gasteiger partial charge in [0, 0.05) is 29.3 Å². The van der Waals surface area contributed by atoms with E-state index >= 15 is 0 Å². The first-order valence-electron chi connectivity index (χ1n) is 9.00. The second kappa shape index (κ2) is 9.80. The highest BCUT2D eigenvalue weighted by molar-refractivity contribution is 7.99. The predicted octanol–water partition coefficient (Wildman–Crippen LogP) is 4.64. The molecule has 0 saturated carbocycles. The van der Waals surface area contributed by atoms with Crippen molar-refractivity contribution in [2.75, 3.05) is 11.1 Å². The Balaban J connectivity index is 1.38. The summed E-state index contributed by atoms with van der Waals surface area (Å²) in [6.07, 6.45) is 1.93. The molecule has 3 aromatic rings. The predicted molar refractivity (Wildman–Crippen MR) is 111 cm³/mol. The average Bonchev–Trinajstić information content (AvgIpc) is 3.24.